The van der Waals surface area contributed by atoms with E-state index in [0.29, 0.717) is 6.61 Å². The maximum absolute atomic E-state index is 6.13. The summed E-state index contributed by atoms with van der Waals surface area (Å²) in [5.74, 6) is 1.68. The van der Waals surface area contributed by atoms with E-state index in [2.05, 4.69) is 13.0 Å². The van der Waals surface area contributed by atoms with Crippen molar-refractivity contribution < 1.29 is 9.47 Å². The Balaban J connectivity index is 2.66. The minimum absolute atomic E-state index is 0.148. The molecule has 2 N–H and O–H groups in total. The van der Waals surface area contributed by atoms with Crippen molar-refractivity contribution in [3.8, 4) is 5.75 Å². The molecular weight excluding hydrogens is 262 g/mol. The second-order valence-electron chi connectivity index (χ2n) is 4.50. The lowest BCUT2D eigenvalue weighted by Gasteiger charge is -2.08. The van der Waals surface area contributed by atoms with Gasteiger partial charge in [-0.1, -0.05) is 37.3 Å². The lowest BCUT2D eigenvalue weighted by molar-refractivity contribution is 0.307. The van der Waals surface area contributed by atoms with Gasteiger partial charge in [-0.05, 0) is 43.2 Å². The first-order valence-corrected chi connectivity index (χ1v) is 7.28. The molecule has 21 heavy (non-hydrogen) atoms. The summed E-state index contributed by atoms with van der Waals surface area (Å²) in [5, 5.41) is 0. The number of hydrogen-bond donors (Lipinski definition) is 1. The third-order valence-corrected chi connectivity index (χ3v) is 2.91. The van der Waals surface area contributed by atoms with Gasteiger partial charge >= 0.3 is 0 Å². The van der Waals surface area contributed by atoms with Crippen LogP contribution in [0.2, 0.25) is 0 Å². The summed E-state index contributed by atoms with van der Waals surface area (Å²) in [6, 6.07) is 7.70. The van der Waals surface area contributed by atoms with Gasteiger partial charge in [0.15, 0.2) is 0 Å². The minimum Gasteiger partial charge on any atom is -0.497 e. The average Bonchev–Trinajstić information content (AvgIpc) is 2.51. The van der Waals surface area contributed by atoms with E-state index >= 15 is 0 Å². The predicted molar refractivity (Wildman–Crippen MR) is 88.2 cm³/mol. The molecule has 1 aromatic rings. The van der Waals surface area contributed by atoms with Crippen molar-refractivity contribution >= 4 is 0 Å². The summed E-state index contributed by atoms with van der Waals surface area (Å²) in [5.41, 5.74) is 7.18. The molecule has 0 aliphatic heterocycles. The topological polar surface area (TPSA) is 44.5 Å². The molecule has 1 aromatic carbocycles. The van der Waals surface area contributed by atoms with Crippen molar-refractivity contribution in [1.29, 1.82) is 0 Å². The highest BCUT2D eigenvalue weighted by molar-refractivity contribution is 5.31. The molecule has 0 aliphatic carbocycles. The first-order chi connectivity index (χ1) is 10.2. The quantitative estimate of drug-likeness (QED) is 0.577. The van der Waals surface area contributed by atoms with Crippen molar-refractivity contribution in [3.05, 3.63) is 66.0 Å². The summed E-state index contributed by atoms with van der Waals surface area (Å²) < 4.78 is 10.7. The Morgan fingerprint density at radius 1 is 1.24 bits per heavy atom. The summed E-state index contributed by atoms with van der Waals surface area (Å²) in [4.78, 5) is 0. The standard InChI is InChI=1S/C18H25NO2/c1-4-6-8-16(20-3)9-7-10-18(19)15-11-13-17(14-12-15)21-5-2/h6-14,18H,4-5,19H2,1-3H3/b8-6?,10-7+,16-9+. The number of methoxy groups -OCH3 is 1. The van der Waals surface area contributed by atoms with Crippen LogP contribution in [-0.2, 0) is 4.74 Å². The third-order valence-electron chi connectivity index (χ3n) is 2.91. The summed E-state index contributed by atoms with van der Waals surface area (Å²) >= 11 is 0. The van der Waals surface area contributed by atoms with E-state index in [9.17, 15) is 0 Å². The Kier molecular flexibility index (Phi) is 7.99. The maximum Gasteiger partial charge on any atom is 0.119 e. The molecule has 0 bridgehead atoms. The molecule has 0 fully saturated rings. The van der Waals surface area contributed by atoms with E-state index in [1.165, 1.54) is 0 Å². The normalized spacial score (nSPS) is 13.8. The fourth-order valence-corrected chi connectivity index (χ4v) is 1.76. The Labute approximate surface area is 127 Å². The van der Waals surface area contributed by atoms with Crippen LogP contribution in [0.15, 0.2) is 60.4 Å². The van der Waals surface area contributed by atoms with Crippen LogP contribution in [-0.4, -0.2) is 13.7 Å². The lowest BCUT2D eigenvalue weighted by atomic mass is 10.1. The Morgan fingerprint density at radius 2 is 1.95 bits per heavy atom. The van der Waals surface area contributed by atoms with Crippen molar-refractivity contribution in [2.45, 2.75) is 26.3 Å². The second-order valence-corrected chi connectivity index (χ2v) is 4.50. The Morgan fingerprint density at radius 3 is 2.52 bits per heavy atom. The summed E-state index contributed by atoms with van der Waals surface area (Å²) in [6.45, 7) is 4.72. The third kappa shape index (κ3) is 6.32. The van der Waals surface area contributed by atoms with Gasteiger partial charge in [0.1, 0.15) is 11.5 Å². The molecule has 0 aliphatic rings. The van der Waals surface area contributed by atoms with E-state index in [4.69, 9.17) is 15.2 Å². The highest BCUT2D eigenvalue weighted by Crippen LogP contribution is 2.17. The van der Waals surface area contributed by atoms with Gasteiger partial charge in [0.05, 0.1) is 13.7 Å². The van der Waals surface area contributed by atoms with Crippen molar-refractivity contribution in [2.75, 3.05) is 13.7 Å². The summed E-state index contributed by atoms with van der Waals surface area (Å²) in [7, 11) is 1.66. The smallest absolute Gasteiger partial charge is 0.119 e. The first kappa shape index (κ1) is 17.1. The van der Waals surface area contributed by atoms with E-state index in [1.54, 1.807) is 7.11 Å². The van der Waals surface area contributed by atoms with Crippen LogP contribution in [0.3, 0.4) is 0 Å². The van der Waals surface area contributed by atoms with Crippen LogP contribution in [0, 0.1) is 0 Å². The SMILES string of the molecule is CCC=C/C(=C\C=C\C(N)c1ccc(OCC)cc1)OC. The lowest BCUT2D eigenvalue weighted by Crippen LogP contribution is -2.06. The number of rotatable bonds is 8. The number of ether oxygens (including phenoxy) is 2. The largest absolute Gasteiger partial charge is 0.497 e. The van der Waals surface area contributed by atoms with Gasteiger partial charge in [-0.3, -0.25) is 0 Å². The molecule has 1 rings (SSSR count). The van der Waals surface area contributed by atoms with Crippen molar-refractivity contribution in [1.82, 2.24) is 0 Å². The van der Waals surface area contributed by atoms with E-state index in [1.807, 2.05) is 55.5 Å². The van der Waals surface area contributed by atoms with Gasteiger partial charge in [-0.25, -0.2) is 0 Å². The number of hydrogen-bond acceptors (Lipinski definition) is 3. The van der Waals surface area contributed by atoms with Gasteiger partial charge in [0.25, 0.3) is 0 Å². The molecule has 0 saturated heterocycles. The number of benzene rings is 1. The van der Waals surface area contributed by atoms with Crippen LogP contribution >= 0.6 is 0 Å². The highest BCUT2D eigenvalue weighted by atomic mass is 16.5. The fraction of sp³-hybridized carbons (Fsp3) is 0.333. The molecule has 0 amide bonds. The van der Waals surface area contributed by atoms with Crippen LogP contribution in [0.4, 0.5) is 0 Å². The predicted octanol–water partition coefficient (Wildman–Crippen LogP) is 4.14. The molecule has 0 saturated carbocycles. The van der Waals surface area contributed by atoms with Crippen LogP contribution in [0.5, 0.6) is 5.75 Å². The molecule has 1 unspecified atom stereocenters. The van der Waals surface area contributed by atoms with Gasteiger partial charge in [0.2, 0.25) is 0 Å². The molecule has 1 atom stereocenters. The molecule has 0 radical (unpaired) electrons. The second kappa shape index (κ2) is 9.83. The molecule has 3 heteroatoms. The molecule has 0 spiro atoms. The molecule has 3 nitrogen and oxygen atoms in total. The molecule has 0 aromatic heterocycles. The zero-order valence-corrected chi connectivity index (χ0v) is 13.1. The van der Waals surface area contributed by atoms with E-state index in [-0.39, 0.29) is 6.04 Å². The van der Waals surface area contributed by atoms with E-state index in [0.717, 1.165) is 23.5 Å². The van der Waals surface area contributed by atoms with Gasteiger partial charge in [-0.2, -0.15) is 0 Å². The van der Waals surface area contributed by atoms with Crippen molar-refractivity contribution in [2.24, 2.45) is 5.73 Å². The zero-order valence-electron chi connectivity index (χ0n) is 13.1. The molecular formula is C18H25NO2. The maximum atomic E-state index is 6.13. The van der Waals surface area contributed by atoms with Gasteiger partial charge < -0.3 is 15.2 Å². The Bertz CT molecular complexity index is 486. The van der Waals surface area contributed by atoms with Gasteiger partial charge in [-0.15, -0.1) is 0 Å². The first-order valence-electron chi connectivity index (χ1n) is 7.28. The molecule has 114 valence electrons. The van der Waals surface area contributed by atoms with E-state index < -0.39 is 0 Å². The van der Waals surface area contributed by atoms with Crippen LogP contribution in [0.25, 0.3) is 0 Å². The summed E-state index contributed by atoms with van der Waals surface area (Å²) in [6.07, 6.45) is 10.7. The fourth-order valence-electron chi connectivity index (χ4n) is 1.76. The van der Waals surface area contributed by atoms with Gasteiger partial charge in [0, 0.05) is 6.04 Å². The number of nitrogens with two attached hydrogens (primary N) is 1. The minimum atomic E-state index is -0.148. The Hall–Kier alpha value is -2.00. The van der Waals surface area contributed by atoms with Crippen LogP contribution < -0.4 is 10.5 Å². The monoisotopic (exact) mass is 287 g/mol. The van der Waals surface area contributed by atoms with Crippen LogP contribution in [0.1, 0.15) is 31.9 Å². The zero-order chi connectivity index (χ0) is 15.5. The highest BCUT2D eigenvalue weighted by Gasteiger charge is 2.01. The number of allylic oxidation sites excluding steroid dienone is 4. The molecule has 0 heterocycles. The average molecular weight is 287 g/mol. The van der Waals surface area contributed by atoms with Crippen molar-refractivity contribution in [3.63, 3.8) is 0 Å².